The molecule has 0 fully saturated rings. The molecule has 0 aromatic rings. The molecule has 0 rings (SSSR count). The topological polar surface area (TPSA) is 176 Å². The van der Waals surface area contributed by atoms with Crippen LogP contribution in [0.2, 0.25) is 0 Å². The third-order valence-electron chi connectivity index (χ3n) is 0.179. The van der Waals surface area contributed by atoms with E-state index in [0.29, 0.717) is 0 Å². The van der Waals surface area contributed by atoms with Crippen LogP contribution >= 0.6 is 50.4 Å². The fraction of sp³-hybridized carbons (Fsp3) is 1.00. The second-order valence-electron chi connectivity index (χ2n) is 1.80. The van der Waals surface area contributed by atoms with Crippen molar-refractivity contribution in [3.05, 3.63) is 0 Å². The number of hydrogen-bond donors (Lipinski definition) is 7. The Bertz CT molecular complexity index is 219. The number of alkyl halides is 3. The maximum atomic E-state index is 8.88. The predicted octanol–water partition coefficient (Wildman–Crippen LogP) is -1.42. The molecule has 0 aromatic carbocycles. The van der Waals surface area contributed by atoms with Crippen LogP contribution in [0, 0.1) is 0 Å². The molecule has 0 aliphatic rings. The van der Waals surface area contributed by atoms with E-state index >= 15 is 0 Å². The van der Waals surface area contributed by atoms with Crippen LogP contribution in [-0.4, -0.2) is 82.6 Å². The number of aliphatic hydroxyl groups excluding tert-OH is 1. The van der Waals surface area contributed by atoms with Crippen molar-refractivity contribution >= 4 is 88.2 Å². The number of hydrogen-bond acceptors (Lipinski definition) is 3. The summed E-state index contributed by atoms with van der Waals surface area (Å²) in [5, 5.41) is 8.01. The fourth-order valence-electron chi connectivity index (χ4n) is 0. The first-order valence-corrected chi connectivity index (χ1v) is 7.07. The summed E-state index contributed by atoms with van der Waals surface area (Å²) in [4.78, 5) is 43.1. The van der Waals surface area contributed by atoms with Gasteiger partial charge in [0, 0.05) is 0 Å². The molecule has 0 radical (unpaired) electrons. The van der Waals surface area contributed by atoms with Gasteiger partial charge in [0.25, 0.3) is 0 Å². The summed E-state index contributed by atoms with van der Waals surface area (Å²) >= 11 is 15.0. The average molecular weight is 387 g/mol. The molecule has 0 unspecified atom stereocenters. The van der Waals surface area contributed by atoms with Gasteiger partial charge in [-0.3, -0.25) is 0 Å². The zero-order valence-corrected chi connectivity index (χ0v) is 11.2. The first-order chi connectivity index (χ1) is 6.56. The maximum absolute atomic E-state index is 8.88. The van der Waals surface area contributed by atoms with Crippen molar-refractivity contribution in [2.75, 3.05) is 6.61 Å². The van der Waals surface area contributed by atoms with Gasteiger partial charge in [-0.1, -0.05) is 34.8 Å². The molecule has 0 aliphatic carbocycles. The normalized spacial score (nSPS) is 11.2. The van der Waals surface area contributed by atoms with E-state index in [4.69, 9.17) is 78.4 Å². The van der Waals surface area contributed by atoms with E-state index in [0.717, 1.165) is 0 Å². The van der Waals surface area contributed by atoms with Gasteiger partial charge < -0.3 is 34.5 Å². The standard InChI is InChI=1S/C2H3Cl3O.Ca.2H3O4P.2H/c3-2(4,5)1-6;;2*1-5(2,3)4;;/h6H,1H2;;2*(H3,1,2,3,4);;. The third-order valence-corrected chi connectivity index (χ3v) is 0.538. The molecule has 106 valence electrons. The number of phosphoric acid groups is 2. The van der Waals surface area contributed by atoms with Gasteiger partial charge in [0.1, 0.15) is 0 Å². The molecule has 0 saturated heterocycles. The summed E-state index contributed by atoms with van der Waals surface area (Å²) in [6, 6.07) is 0. The van der Waals surface area contributed by atoms with Crippen molar-refractivity contribution < 1.29 is 43.6 Å². The Hall–Kier alpha value is 2.31. The van der Waals surface area contributed by atoms with Gasteiger partial charge in [-0.25, -0.2) is 9.13 Å². The van der Waals surface area contributed by atoms with Gasteiger partial charge in [-0.15, -0.1) is 0 Å². The van der Waals surface area contributed by atoms with Crippen molar-refractivity contribution in [1.82, 2.24) is 0 Å². The van der Waals surface area contributed by atoms with Gasteiger partial charge in [0.2, 0.25) is 3.79 Å². The first kappa shape index (κ1) is 27.6. The molecule has 0 aliphatic heterocycles. The number of halogens is 3. The second-order valence-corrected chi connectivity index (χ2v) is 6.37. The molecular weight excluding hydrogens is 376 g/mol. The summed E-state index contributed by atoms with van der Waals surface area (Å²) in [5.41, 5.74) is 0. The van der Waals surface area contributed by atoms with Crippen molar-refractivity contribution in [2.24, 2.45) is 0 Å². The Morgan fingerprint density at radius 3 is 0.882 bits per heavy atom. The predicted molar refractivity (Wildman–Crippen MR) is 64.4 cm³/mol. The molecule has 0 aromatic heterocycles. The van der Waals surface area contributed by atoms with Gasteiger partial charge >= 0.3 is 53.4 Å². The van der Waals surface area contributed by atoms with Crippen LogP contribution < -0.4 is 0 Å². The molecule has 0 saturated carbocycles. The summed E-state index contributed by atoms with van der Waals surface area (Å²) in [5.74, 6) is 0. The van der Waals surface area contributed by atoms with Crippen LogP contribution in [0.3, 0.4) is 0 Å². The summed E-state index contributed by atoms with van der Waals surface area (Å²) in [6.45, 7) is -0.433. The van der Waals surface area contributed by atoms with Gasteiger partial charge in [0.05, 0.1) is 6.61 Å². The Morgan fingerprint density at radius 2 is 0.882 bits per heavy atom. The Labute approximate surface area is 141 Å². The van der Waals surface area contributed by atoms with Crippen LogP contribution in [-0.2, 0) is 9.13 Å². The van der Waals surface area contributed by atoms with Gasteiger partial charge in [0.15, 0.2) is 0 Å². The van der Waals surface area contributed by atoms with Crippen LogP contribution in [0.5, 0.6) is 0 Å². The number of rotatable bonds is 0. The van der Waals surface area contributed by atoms with E-state index < -0.39 is 26.0 Å². The van der Waals surface area contributed by atoms with Crippen molar-refractivity contribution in [1.29, 1.82) is 0 Å². The first-order valence-electron chi connectivity index (χ1n) is 2.80. The minimum atomic E-state index is -4.64. The summed E-state index contributed by atoms with van der Waals surface area (Å²) in [7, 11) is -9.28. The molecule has 9 nitrogen and oxygen atoms in total. The molecule has 0 atom stereocenters. The molecule has 7 N–H and O–H groups in total. The molecule has 0 amide bonds. The average Bonchev–Trinajstić information content (AvgIpc) is 1.77. The third kappa shape index (κ3) is 173. The molecule has 15 heteroatoms. The Kier molecular flexibility index (Phi) is 19.6. The van der Waals surface area contributed by atoms with Crippen LogP contribution in [0.1, 0.15) is 0 Å². The Balaban J connectivity index is -0.0000000729. The van der Waals surface area contributed by atoms with Crippen LogP contribution in [0.15, 0.2) is 0 Å². The number of aliphatic hydroxyl groups is 1. The van der Waals surface area contributed by atoms with E-state index in [-0.39, 0.29) is 37.7 Å². The molecular formula is C2H11CaCl3O9P2. The molecule has 0 heterocycles. The van der Waals surface area contributed by atoms with E-state index in [1.807, 2.05) is 0 Å². The zero-order valence-electron chi connectivity index (χ0n) is 7.18. The van der Waals surface area contributed by atoms with E-state index in [1.54, 1.807) is 0 Å². The zero-order chi connectivity index (χ0) is 14.2. The molecule has 0 spiro atoms. The Morgan fingerprint density at radius 1 is 0.824 bits per heavy atom. The van der Waals surface area contributed by atoms with Crippen LogP contribution in [0.4, 0.5) is 0 Å². The van der Waals surface area contributed by atoms with E-state index in [9.17, 15) is 0 Å². The van der Waals surface area contributed by atoms with Crippen molar-refractivity contribution in [3.63, 3.8) is 0 Å². The van der Waals surface area contributed by atoms with E-state index in [2.05, 4.69) is 0 Å². The second kappa shape index (κ2) is 12.1. The molecule has 17 heavy (non-hydrogen) atoms. The quantitative estimate of drug-likeness (QED) is 0.149. The van der Waals surface area contributed by atoms with Crippen molar-refractivity contribution in [2.45, 2.75) is 3.79 Å². The fourth-order valence-corrected chi connectivity index (χ4v) is 0. The van der Waals surface area contributed by atoms with Gasteiger partial charge in [-0.05, 0) is 0 Å². The van der Waals surface area contributed by atoms with Crippen molar-refractivity contribution in [3.8, 4) is 0 Å². The monoisotopic (exact) mass is 386 g/mol. The SMILES string of the molecule is O=P(O)(O)O.O=P(O)(O)O.OCC(Cl)(Cl)Cl.[CaH2]. The van der Waals surface area contributed by atoms with Gasteiger partial charge in [-0.2, -0.15) is 0 Å². The molecule has 0 bridgehead atoms. The summed E-state index contributed by atoms with van der Waals surface area (Å²) < 4.78 is 16.3. The van der Waals surface area contributed by atoms with E-state index in [1.165, 1.54) is 0 Å². The summed E-state index contributed by atoms with van der Waals surface area (Å²) in [6.07, 6.45) is 0. The van der Waals surface area contributed by atoms with Crippen LogP contribution in [0.25, 0.3) is 0 Å². The minimum absolute atomic E-state index is 0.